The molecule has 2 heterocycles. The summed E-state index contributed by atoms with van der Waals surface area (Å²) in [4.78, 5) is 23.8. The van der Waals surface area contributed by atoms with Gasteiger partial charge in [0.1, 0.15) is 6.04 Å². The fourth-order valence-corrected chi connectivity index (χ4v) is 2.15. The molecule has 4 heteroatoms. The SMILES string of the molecule is NC(=O)[C@@H]1CC[C@H]2CC(=O)N1C2. The Kier molecular flexibility index (Phi) is 1.56. The van der Waals surface area contributed by atoms with Gasteiger partial charge < -0.3 is 10.6 Å². The van der Waals surface area contributed by atoms with Crippen molar-refractivity contribution in [1.82, 2.24) is 4.90 Å². The Morgan fingerprint density at radius 3 is 2.92 bits per heavy atom. The van der Waals surface area contributed by atoms with Gasteiger partial charge in [0.05, 0.1) is 0 Å². The lowest BCUT2D eigenvalue weighted by Crippen LogP contribution is -2.47. The minimum absolute atomic E-state index is 0.0984. The second-order valence-corrected chi connectivity index (χ2v) is 3.61. The Bertz CT molecular complexity index is 239. The van der Waals surface area contributed by atoms with Crippen LogP contribution in [-0.2, 0) is 9.59 Å². The van der Waals surface area contributed by atoms with E-state index in [1.807, 2.05) is 0 Å². The Balaban J connectivity index is 2.18. The summed E-state index contributed by atoms with van der Waals surface area (Å²) in [6, 6.07) is -0.323. The van der Waals surface area contributed by atoms with Gasteiger partial charge in [0, 0.05) is 13.0 Å². The van der Waals surface area contributed by atoms with Gasteiger partial charge in [-0.1, -0.05) is 0 Å². The summed E-state index contributed by atoms with van der Waals surface area (Å²) in [5.41, 5.74) is 5.18. The molecule has 2 atom stereocenters. The molecule has 0 radical (unpaired) electrons. The molecule has 2 aliphatic rings. The first-order valence-corrected chi connectivity index (χ1v) is 4.27. The Hall–Kier alpha value is -1.06. The Morgan fingerprint density at radius 1 is 1.50 bits per heavy atom. The molecule has 66 valence electrons. The van der Waals surface area contributed by atoms with Gasteiger partial charge >= 0.3 is 0 Å². The van der Waals surface area contributed by atoms with Crippen LogP contribution in [0.2, 0.25) is 0 Å². The van der Waals surface area contributed by atoms with E-state index in [9.17, 15) is 9.59 Å². The third-order valence-corrected chi connectivity index (χ3v) is 2.79. The van der Waals surface area contributed by atoms with Gasteiger partial charge in [0.15, 0.2) is 0 Å². The molecule has 2 bridgehead atoms. The van der Waals surface area contributed by atoms with Crippen LogP contribution >= 0.6 is 0 Å². The Labute approximate surface area is 70.7 Å². The zero-order valence-electron chi connectivity index (χ0n) is 6.82. The molecule has 0 aromatic rings. The van der Waals surface area contributed by atoms with Gasteiger partial charge in [0.25, 0.3) is 0 Å². The van der Waals surface area contributed by atoms with Crippen molar-refractivity contribution in [1.29, 1.82) is 0 Å². The summed E-state index contributed by atoms with van der Waals surface area (Å²) in [5.74, 6) is 0.220. The van der Waals surface area contributed by atoms with Gasteiger partial charge in [-0.15, -0.1) is 0 Å². The van der Waals surface area contributed by atoms with E-state index in [0.717, 1.165) is 19.4 Å². The van der Waals surface area contributed by atoms with Crippen molar-refractivity contribution in [2.75, 3.05) is 6.54 Å². The molecule has 2 saturated heterocycles. The molecule has 0 aromatic heterocycles. The summed E-state index contributed by atoms with van der Waals surface area (Å²) >= 11 is 0. The smallest absolute Gasteiger partial charge is 0.240 e. The van der Waals surface area contributed by atoms with Crippen LogP contribution in [0, 0.1) is 5.92 Å². The molecular formula is C8H12N2O2. The van der Waals surface area contributed by atoms with Crippen LogP contribution < -0.4 is 5.73 Å². The van der Waals surface area contributed by atoms with Crippen LogP contribution in [0.5, 0.6) is 0 Å². The fourth-order valence-electron chi connectivity index (χ4n) is 2.15. The number of primary amides is 1. The molecule has 2 N–H and O–H groups in total. The molecule has 2 rings (SSSR count). The van der Waals surface area contributed by atoms with E-state index in [0.29, 0.717) is 12.3 Å². The number of hydrogen-bond donors (Lipinski definition) is 1. The molecule has 0 saturated carbocycles. The second-order valence-electron chi connectivity index (χ2n) is 3.61. The average Bonchev–Trinajstić information content (AvgIpc) is 2.28. The first-order valence-electron chi connectivity index (χ1n) is 4.27. The number of carbonyl (C=O) groups excluding carboxylic acids is 2. The van der Waals surface area contributed by atoms with Gasteiger partial charge in [-0.2, -0.15) is 0 Å². The number of piperidine rings is 1. The van der Waals surface area contributed by atoms with Crippen molar-refractivity contribution in [3.8, 4) is 0 Å². The summed E-state index contributed by atoms with van der Waals surface area (Å²) in [7, 11) is 0. The topological polar surface area (TPSA) is 63.4 Å². The summed E-state index contributed by atoms with van der Waals surface area (Å²) in [6.07, 6.45) is 2.34. The van der Waals surface area contributed by atoms with E-state index >= 15 is 0 Å². The minimum atomic E-state index is -0.358. The van der Waals surface area contributed by atoms with Crippen LogP contribution in [0.1, 0.15) is 19.3 Å². The van der Waals surface area contributed by atoms with E-state index < -0.39 is 0 Å². The monoisotopic (exact) mass is 168 g/mol. The highest BCUT2D eigenvalue weighted by Gasteiger charge is 2.40. The van der Waals surface area contributed by atoms with Crippen molar-refractivity contribution < 1.29 is 9.59 Å². The molecule has 0 spiro atoms. The maximum Gasteiger partial charge on any atom is 0.240 e. The molecule has 4 nitrogen and oxygen atoms in total. The molecule has 2 aliphatic heterocycles. The predicted octanol–water partition coefficient (Wildman–Crippen LogP) is -0.517. The summed E-state index contributed by atoms with van der Waals surface area (Å²) in [5, 5.41) is 0. The normalized spacial score (nSPS) is 34.0. The highest BCUT2D eigenvalue weighted by Crippen LogP contribution is 2.31. The number of nitrogens with two attached hydrogens (primary N) is 1. The summed E-state index contributed by atoms with van der Waals surface area (Å²) < 4.78 is 0. The van der Waals surface area contributed by atoms with Crippen LogP contribution in [0.4, 0.5) is 0 Å². The van der Waals surface area contributed by atoms with Crippen LogP contribution in [0.25, 0.3) is 0 Å². The number of rotatable bonds is 1. The number of carbonyl (C=O) groups is 2. The molecule has 0 aliphatic carbocycles. The maximum atomic E-state index is 11.3. The number of fused-ring (bicyclic) bond motifs is 2. The van der Waals surface area contributed by atoms with E-state index in [1.165, 1.54) is 0 Å². The molecule has 0 unspecified atom stereocenters. The quantitative estimate of drug-likeness (QED) is 0.572. The van der Waals surface area contributed by atoms with Crippen molar-refractivity contribution in [3.05, 3.63) is 0 Å². The van der Waals surface area contributed by atoms with Crippen LogP contribution in [0.15, 0.2) is 0 Å². The number of hydrogen-bond acceptors (Lipinski definition) is 2. The standard InChI is InChI=1S/C8H12N2O2/c9-8(12)6-2-1-5-3-7(11)10(6)4-5/h5-6H,1-4H2,(H2,9,12)/t5-,6-/m0/s1. The molecule has 2 fully saturated rings. The maximum absolute atomic E-state index is 11.3. The van der Waals surface area contributed by atoms with Crippen LogP contribution in [-0.4, -0.2) is 29.3 Å². The number of nitrogens with zero attached hydrogens (tertiary/aromatic N) is 1. The lowest BCUT2D eigenvalue weighted by atomic mass is 9.96. The third kappa shape index (κ3) is 0.983. The zero-order valence-corrected chi connectivity index (χ0v) is 6.82. The van der Waals surface area contributed by atoms with Crippen molar-refractivity contribution in [3.63, 3.8) is 0 Å². The van der Waals surface area contributed by atoms with Crippen molar-refractivity contribution in [2.45, 2.75) is 25.3 Å². The average molecular weight is 168 g/mol. The van der Waals surface area contributed by atoms with Gasteiger partial charge in [-0.3, -0.25) is 9.59 Å². The van der Waals surface area contributed by atoms with E-state index in [1.54, 1.807) is 4.90 Å². The Morgan fingerprint density at radius 2 is 2.25 bits per heavy atom. The largest absolute Gasteiger partial charge is 0.368 e. The van der Waals surface area contributed by atoms with Gasteiger partial charge in [-0.25, -0.2) is 0 Å². The van der Waals surface area contributed by atoms with E-state index in [4.69, 9.17) is 5.73 Å². The minimum Gasteiger partial charge on any atom is -0.368 e. The van der Waals surface area contributed by atoms with Gasteiger partial charge in [0.2, 0.25) is 11.8 Å². The highest BCUT2D eigenvalue weighted by molar-refractivity contribution is 5.88. The molecule has 12 heavy (non-hydrogen) atoms. The second kappa shape index (κ2) is 2.47. The number of amides is 2. The summed E-state index contributed by atoms with van der Waals surface area (Å²) in [6.45, 7) is 0.742. The van der Waals surface area contributed by atoms with Crippen molar-refractivity contribution in [2.24, 2.45) is 11.7 Å². The lowest BCUT2D eigenvalue weighted by Gasteiger charge is -2.29. The fraction of sp³-hybridized carbons (Fsp3) is 0.750. The first kappa shape index (κ1) is 7.58. The first-order chi connectivity index (χ1) is 5.68. The van der Waals surface area contributed by atoms with Gasteiger partial charge in [-0.05, 0) is 18.8 Å². The molecular weight excluding hydrogens is 156 g/mol. The van der Waals surface area contributed by atoms with E-state index in [2.05, 4.69) is 0 Å². The van der Waals surface area contributed by atoms with Crippen molar-refractivity contribution >= 4 is 11.8 Å². The zero-order chi connectivity index (χ0) is 8.72. The van der Waals surface area contributed by atoms with Crippen LogP contribution in [0.3, 0.4) is 0 Å². The van der Waals surface area contributed by atoms with E-state index in [-0.39, 0.29) is 17.9 Å². The predicted molar refractivity (Wildman–Crippen MR) is 42.0 cm³/mol. The third-order valence-electron chi connectivity index (χ3n) is 2.79. The lowest BCUT2D eigenvalue weighted by molar-refractivity contribution is -0.136. The highest BCUT2D eigenvalue weighted by atomic mass is 16.2. The molecule has 0 aromatic carbocycles. The molecule has 2 amide bonds.